The average Bonchev–Trinajstić information content (AvgIpc) is 4.03. The van der Waals surface area contributed by atoms with Crippen LogP contribution in [0.3, 0.4) is 0 Å². The van der Waals surface area contributed by atoms with Crippen molar-refractivity contribution in [2.24, 2.45) is 0 Å². The van der Waals surface area contributed by atoms with E-state index in [0.717, 1.165) is 78.6 Å². The summed E-state index contributed by atoms with van der Waals surface area (Å²) in [6.45, 7) is 0. The fourth-order valence-electron chi connectivity index (χ4n) is 12.9. The first kappa shape index (κ1) is 39.6. The zero-order valence-electron chi connectivity index (χ0n) is 39.2. The predicted octanol–water partition coefficient (Wildman–Crippen LogP) is 20.0. The molecular formula is C70H42O2. The van der Waals surface area contributed by atoms with Crippen LogP contribution in [0.4, 0.5) is 0 Å². The summed E-state index contributed by atoms with van der Waals surface area (Å²) in [4.78, 5) is 0. The molecule has 1 aliphatic rings. The molecule has 16 rings (SSSR count). The predicted molar refractivity (Wildman–Crippen MR) is 305 cm³/mol. The Balaban J connectivity index is 0.913. The van der Waals surface area contributed by atoms with Crippen LogP contribution >= 0.6 is 0 Å². The molecule has 2 heteroatoms. The van der Waals surface area contributed by atoms with Crippen molar-refractivity contribution in [3.8, 4) is 44.5 Å². The van der Waals surface area contributed by atoms with E-state index in [1.54, 1.807) is 0 Å². The number of rotatable bonds is 4. The molecule has 0 saturated carbocycles. The molecule has 72 heavy (non-hydrogen) atoms. The van der Waals surface area contributed by atoms with Crippen LogP contribution in [0, 0.1) is 0 Å². The number of hydrogen-bond donors (Lipinski definition) is 0. The van der Waals surface area contributed by atoms with E-state index in [-0.39, 0.29) is 0 Å². The van der Waals surface area contributed by atoms with Gasteiger partial charge in [0.05, 0.1) is 0 Å². The largest absolute Gasteiger partial charge is 0.452 e. The summed E-state index contributed by atoms with van der Waals surface area (Å²) >= 11 is 0. The summed E-state index contributed by atoms with van der Waals surface area (Å²) in [5.41, 5.74) is 15.8. The lowest BCUT2D eigenvalue weighted by Crippen LogP contribution is -2.02. The van der Waals surface area contributed by atoms with Crippen LogP contribution in [0.15, 0.2) is 233 Å². The molecule has 0 unspecified atom stereocenters. The van der Waals surface area contributed by atoms with Gasteiger partial charge in [-0.1, -0.05) is 206 Å². The zero-order chi connectivity index (χ0) is 47.0. The van der Waals surface area contributed by atoms with Gasteiger partial charge in [-0.3, -0.25) is 0 Å². The van der Waals surface area contributed by atoms with E-state index in [2.05, 4.69) is 231 Å². The van der Waals surface area contributed by atoms with Crippen molar-refractivity contribution < 1.29 is 8.83 Å². The van der Waals surface area contributed by atoms with Gasteiger partial charge in [0, 0.05) is 21.5 Å². The molecule has 1 aliphatic carbocycles. The Hall–Kier alpha value is -9.24. The summed E-state index contributed by atoms with van der Waals surface area (Å²) in [6, 6.07) is 80.1. The molecule has 2 aromatic heterocycles. The van der Waals surface area contributed by atoms with Crippen LogP contribution in [-0.2, 0) is 6.42 Å². The minimum Gasteiger partial charge on any atom is -0.452 e. The molecule has 0 amide bonds. The Morgan fingerprint density at radius 1 is 0.306 bits per heavy atom. The third-order valence-corrected chi connectivity index (χ3v) is 15.9. The number of allylic oxidation sites excluding steroid dienone is 1. The molecule has 0 fully saturated rings. The van der Waals surface area contributed by atoms with E-state index in [1.165, 1.54) is 98.4 Å². The highest BCUT2D eigenvalue weighted by molar-refractivity contribution is 6.34. The van der Waals surface area contributed by atoms with Gasteiger partial charge in [0.2, 0.25) is 0 Å². The molecule has 0 aliphatic heterocycles. The van der Waals surface area contributed by atoms with E-state index < -0.39 is 0 Å². The van der Waals surface area contributed by atoms with Crippen LogP contribution < -0.4 is 0 Å². The molecule has 15 aromatic rings. The molecule has 0 bridgehead atoms. The van der Waals surface area contributed by atoms with E-state index in [9.17, 15) is 0 Å². The second kappa shape index (κ2) is 15.1. The van der Waals surface area contributed by atoms with E-state index >= 15 is 0 Å². The Kier molecular flexibility index (Phi) is 8.32. The molecule has 0 atom stereocenters. The highest BCUT2D eigenvalue weighted by Crippen LogP contribution is 2.51. The van der Waals surface area contributed by atoms with Crippen LogP contribution in [0.2, 0.25) is 0 Å². The van der Waals surface area contributed by atoms with Gasteiger partial charge in [0.15, 0.2) is 11.2 Å². The van der Waals surface area contributed by atoms with Crippen molar-refractivity contribution in [3.05, 3.63) is 236 Å². The van der Waals surface area contributed by atoms with Gasteiger partial charge in [-0.15, -0.1) is 0 Å². The molecule has 2 nitrogen and oxygen atoms in total. The Morgan fingerprint density at radius 2 is 0.708 bits per heavy atom. The summed E-state index contributed by atoms with van der Waals surface area (Å²) in [5.74, 6) is 0. The minimum atomic E-state index is 0.780. The summed E-state index contributed by atoms with van der Waals surface area (Å²) in [6.07, 6.45) is 6.68. The van der Waals surface area contributed by atoms with Crippen LogP contribution in [0.1, 0.15) is 17.5 Å². The second-order valence-electron chi connectivity index (χ2n) is 19.6. The first-order valence-corrected chi connectivity index (χ1v) is 25.1. The highest BCUT2D eigenvalue weighted by atomic mass is 16.4. The van der Waals surface area contributed by atoms with Crippen molar-refractivity contribution in [3.63, 3.8) is 0 Å². The molecule has 13 aromatic carbocycles. The molecular weight excluding hydrogens is 873 g/mol. The van der Waals surface area contributed by atoms with Crippen molar-refractivity contribution in [2.45, 2.75) is 12.8 Å². The van der Waals surface area contributed by atoms with Crippen LogP contribution in [0.5, 0.6) is 0 Å². The lowest BCUT2D eigenvalue weighted by Gasteiger charge is -2.24. The first-order valence-electron chi connectivity index (χ1n) is 25.1. The third kappa shape index (κ3) is 5.55. The smallest absolute Gasteiger partial charge is 0.179 e. The monoisotopic (exact) mass is 914 g/mol. The fraction of sp³-hybridized carbons (Fsp3) is 0.0286. The van der Waals surface area contributed by atoms with Crippen molar-refractivity contribution >= 4 is 115 Å². The highest BCUT2D eigenvalue weighted by Gasteiger charge is 2.26. The number of furan rings is 2. The van der Waals surface area contributed by atoms with Crippen molar-refractivity contribution in [1.82, 2.24) is 0 Å². The van der Waals surface area contributed by atoms with E-state index in [0.29, 0.717) is 0 Å². The first-order chi connectivity index (χ1) is 35.7. The third-order valence-electron chi connectivity index (χ3n) is 15.9. The van der Waals surface area contributed by atoms with Gasteiger partial charge in [0.25, 0.3) is 0 Å². The maximum atomic E-state index is 7.17. The van der Waals surface area contributed by atoms with E-state index in [4.69, 9.17) is 8.83 Å². The Morgan fingerprint density at radius 3 is 1.24 bits per heavy atom. The standard InChI is InChI=1S/C70H42O2/c1-3-21-45-41(17-1)19-15-33-47(45)65-53-27-9-5-23-49(53)63(50-24-6-10-28-54(50)65)43-35-37-59-61(39-43)71-69-67(59)57-31-13-14-32-58(57)68-60-38-36-44(40-62(60)72-70(68)69)64-51-25-7-11-29-55(51)66(56-30-12-8-26-52(56)64)48-34-16-20-42-18-2-4-22-46(42)48/h1-7,9-25,27-40H,8,26H2. The number of benzene rings is 13. The van der Waals surface area contributed by atoms with Crippen LogP contribution in [-0.4, -0.2) is 0 Å². The summed E-state index contributed by atoms with van der Waals surface area (Å²) in [5, 5.41) is 19.1. The second-order valence-corrected chi connectivity index (χ2v) is 19.6. The molecule has 334 valence electrons. The summed E-state index contributed by atoms with van der Waals surface area (Å²) < 4.78 is 14.3. The van der Waals surface area contributed by atoms with Crippen molar-refractivity contribution in [1.29, 1.82) is 0 Å². The van der Waals surface area contributed by atoms with E-state index in [1.807, 2.05) is 0 Å². The summed E-state index contributed by atoms with van der Waals surface area (Å²) in [7, 11) is 0. The Bertz CT molecular complexity index is 4800. The average molecular weight is 915 g/mol. The molecule has 0 radical (unpaired) electrons. The number of fused-ring (bicyclic) bond motifs is 16. The molecule has 0 saturated heterocycles. The maximum Gasteiger partial charge on any atom is 0.179 e. The van der Waals surface area contributed by atoms with Crippen molar-refractivity contribution in [2.75, 3.05) is 0 Å². The van der Waals surface area contributed by atoms with Gasteiger partial charge < -0.3 is 8.83 Å². The lowest BCUT2D eigenvalue weighted by atomic mass is 9.79. The van der Waals surface area contributed by atoms with Gasteiger partial charge >= 0.3 is 0 Å². The van der Waals surface area contributed by atoms with Gasteiger partial charge in [-0.2, -0.15) is 0 Å². The van der Waals surface area contributed by atoms with Gasteiger partial charge in [0.1, 0.15) is 11.2 Å². The molecule has 0 N–H and O–H groups in total. The topological polar surface area (TPSA) is 26.3 Å². The fourth-order valence-corrected chi connectivity index (χ4v) is 12.9. The Labute approximate surface area is 414 Å². The quantitative estimate of drug-likeness (QED) is 0.164. The number of hydrogen-bond acceptors (Lipinski definition) is 2. The normalized spacial score (nSPS) is 12.8. The lowest BCUT2D eigenvalue weighted by molar-refractivity contribution is 0.634. The SMILES string of the molecule is C1=Cc2c(c(-c3ccc4c(c3)oc3c5oc6cc(-c7c8ccccc8c(-c8cccc9ccccc89)c8ccccc78)ccc6c5c5ccccc5c43)c3ccccc3c2-c2cccc3ccccc23)CC1. The van der Waals surface area contributed by atoms with Gasteiger partial charge in [-0.25, -0.2) is 0 Å². The molecule has 0 spiro atoms. The minimum absolute atomic E-state index is 0.780. The van der Waals surface area contributed by atoms with Gasteiger partial charge in [-0.05, 0) is 157 Å². The molecule has 2 heterocycles. The van der Waals surface area contributed by atoms with Crippen LogP contribution in [0.25, 0.3) is 159 Å². The zero-order valence-corrected chi connectivity index (χ0v) is 39.2. The maximum absolute atomic E-state index is 7.17.